The number of carbonyl (C=O) groups excluding carboxylic acids is 2. The summed E-state index contributed by atoms with van der Waals surface area (Å²) in [6.07, 6.45) is 1.84. The third-order valence-corrected chi connectivity index (χ3v) is 5.59. The molecule has 1 aromatic heterocycles. The molecule has 164 valence electrons. The maximum absolute atomic E-state index is 12.7. The van der Waals surface area contributed by atoms with E-state index in [1.165, 1.54) is 29.3 Å². The Bertz CT molecular complexity index is 1170. The zero-order valence-electron chi connectivity index (χ0n) is 17.9. The third kappa shape index (κ3) is 4.94. The van der Waals surface area contributed by atoms with E-state index in [1.54, 1.807) is 0 Å². The van der Waals surface area contributed by atoms with Gasteiger partial charge < -0.3 is 10.1 Å². The van der Waals surface area contributed by atoms with Gasteiger partial charge in [-0.15, -0.1) is 0 Å². The first-order valence-corrected chi connectivity index (χ1v) is 10.7. The maximum atomic E-state index is 12.7. The van der Waals surface area contributed by atoms with Crippen LogP contribution in [0.15, 0.2) is 71.5 Å². The predicted octanol–water partition coefficient (Wildman–Crippen LogP) is 3.03. The summed E-state index contributed by atoms with van der Waals surface area (Å²) < 4.78 is 6.55. The van der Waals surface area contributed by atoms with Gasteiger partial charge in [0.15, 0.2) is 11.8 Å². The molecular formula is C25H25N3O4. The Labute approximate surface area is 186 Å². The molecule has 3 aromatic rings. The standard InChI is InChI=1S/C25H25N3O4/c1-17(24(30)26-21-13-7-11-19-10-5-6-12-20(19)21)32-25(31)22-14-15-23(29)28(27-22)16-18-8-3-2-4-9-18/h2-6,8-10,12,14-15,17,21H,7,11,13,16H2,1H3,(H,26,30)/t17-,21+/m1/s1. The van der Waals surface area contributed by atoms with Crippen molar-refractivity contribution in [3.05, 3.63) is 99.5 Å². The number of nitrogens with zero attached hydrogens (tertiary/aromatic N) is 2. The molecule has 7 heteroatoms. The van der Waals surface area contributed by atoms with Gasteiger partial charge in [-0.1, -0.05) is 54.6 Å². The molecule has 1 heterocycles. The summed E-state index contributed by atoms with van der Waals surface area (Å²) in [6.45, 7) is 1.76. The van der Waals surface area contributed by atoms with Crippen LogP contribution < -0.4 is 10.9 Å². The first-order chi connectivity index (χ1) is 15.5. The summed E-state index contributed by atoms with van der Waals surface area (Å²) in [5.74, 6) is -1.11. The minimum Gasteiger partial charge on any atom is -0.448 e. The van der Waals surface area contributed by atoms with E-state index in [9.17, 15) is 14.4 Å². The first-order valence-electron chi connectivity index (χ1n) is 10.7. The highest BCUT2D eigenvalue weighted by Gasteiger charge is 2.26. The SMILES string of the molecule is C[C@@H](OC(=O)c1ccc(=O)n(Cc2ccccc2)n1)C(=O)N[C@H]1CCCc2ccccc21. The van der Waals surface area contributed by atoms with Crippen LogP contribution in [-0.2, 0) is 22.5 Å². The number of rotatable bonds is 6. The number of ether oxygens (including phenoxy) is 1. The van der Waals surface area contributed by atoms with Gasteiger partial charge in [0.05, 0.1) is 12.6 Å². The number of nitrogens with one attached hydrogen (secondary N) is 1. The van der Waals surface area contributed by atoms with E-state index in [4.69, 9.17) is 4.74 Å². The molecule has 1 amide bonds. The Hall–Kier alpha value is -3.74. The lowest BCUT2D eigenvalue weighted by Crippen LogP contribution is -2.39. The quantitative estimate of drug-likeness (QED) is 0.606. The van der Waals surface area contributed by atoms with E-state index in [1.807, 2.05) is 48.5 Å². The largest absolute Gasteiger partial charge is 0.448 e. The Morgan fingerprint density at radius 2 is 1.84 bits per heavy atom. The van der Waals surface area contributed by atoms with Gasteiger partial charge in [-0.3, -0.25) is 9.59 Å². The van der Waals surface area contributed by atoms with Crippen LogP contribution in [0.5, 0.6) is 0 Å². The second kappa shape index (κ2) is 9.60. The number of esters is 1. The molecule has 4 rings (SSSR count). The zero-order chi connectivity index (χ0) is 22.5. The number of amides is 1. The Balaban J connectivity index is 1.41. The molecular weight excluding hydrogens is 406 g/mol. The number of aryl methyl sites for hydroxylation is 1. The summed E-state index contributed by atoms with van der Waals surface area (Å²) in [5.41, 5.74) is 2.88. The maximum Gasteiger partial charge on any atom is 0.359 e. The lowest BCUT2D eigenvalue weighted by molar-refractivity contribution is -0.130. The number of hydrogen-bond donors (Lipinski definition) is 1. The molecule has 0 saturated heterocycles. The number of hydrogen-bond acceptors (Lipinski definition) is 5. The van der Waals surface area contributed by atoms with Gasteiger partial charge in [-0.05, 0) is 48.9 Å². The van der Waals surface area contributed by atoms with E-state index < -0.39 is 12.1 Å². The highest BCUT2D eigenvalue weighted by Crippen LogP contribution is 2.29. The number of aromatic nitrogens is 2. The fourth-order valence-electron chi connectivity index (χ4n) is 3.89. The first kappa shape index (κ1) is 21.5. The van der Waals surface area contributed by atoms with Gasteiger partial charge in [0.1, 0.15) is 0 Å². The fraction of sp³-hybridized carbons (Fsp3) is 0.280. The van der Waals surface area contributed by atoms with Crippen LogP contribution in [0.25, 0.3) is 0 Å². The van der Waals surface area contributed by atoms with Crippen LogP contribution in [0.1, 0.15) is 53.0 Å². The van der Waals surface area contributed by atoms with Gasteiger partial charge in [0.25, 0.3) is 11.5 Å². The van der Waals surface area contributed by atoms with Crippen molar-refractivity contribution in [1.29, 1.82) is 0 Å². The fourth-order valence-corrected chi connectivity index (χ4v) is 3.89. The molecule has 1 aliphatic rings. The van der Waals surface area contributed by atoms with Crippen LogP contribution >= 0.6 is 0 Å². The molecule has 0 radical (unpaired) electrons. The van der Waals surface area contributed by atoms with Gasteiger partial charge >= 0.3 is 5.97 Å². The summed E-state index contributed by atoms with van der Waals surface area (Å²) in [4.78, 5) is 37.4. The third-order valence-electron chi connectivity index (χ3n) is 5.59. The molecule has 0 aliphatic heterocycles. The zero-order valence-corrected chi connectivity index (χ0v) is 17.9. The van der Waals surface area contributed by atoms with E-state index in [-0.39, 0.29) is 29.7 Å². The highest BCUT2D eigenvalue weighted by molar-refractivity contribution is 5.90. The predicted molar refractivity (Wildman–Crippen MR) is 119 cm³/mol. The topological polar surface area (TPSA) is 90.3 Å². The second-order valence-electron chi connectivity index (χ2n) is 7.90. The molecule has 7 nitrogen and oxygen atoms in total. The molecule has 32 heavy (non-hydrogen) atoms. The van der Waals surface area contributed by atoms with Crippen LogP contribution in [0.4, 0.5) is 0 Å². The van der Waals surface area contributed by atoms with E-state index >= 15 is 0 Å². The average Bonchev–Trinajstić information content (AvgIpc) is 2.81. The summed E-state index contributed by atoms with van der Waals surface area (Å²) in [6, 6.07) is 19.9. The normalized spacial score (nSPS) is 16.0. The van der Waals surface area contributed by atoms with Crippen molar-refractivity contribution in [3.63, 3.8) is 0 Å². The highest BCUT2D eigenvalue weighted by atomic mass is 16.5. The summed E-state index contributed by atoms with van der Waals surface area (Å²) >= 11 is 0. The van der Waals surface area contributed by atoms with Crippen molar-refractivity contribution in [2.75, 3.05) is 0 Å². The van der Waals surface area contributed by atoms with Gasteiger partial charge in [-0.2, -0.15) is 5.10 Å². The van der Waals surface area contributed by atoms with Crippen molar-refractivity contribution < 1.29 is 14.3 Å². The summed E-state index contributed by atoms with van der Waals surface area (Å²) in [5, 5.41) is 7.12. The van der Waals surface area contributed by atoms with Crippen molar-refractivity contribution >= 4 is 11.9 Å². The molecule has 0 bridgehead atoms. The van der Waals surface area contributed by atoms with Crippen molar-refractivity contribution in [3.8, 4) is 0 Å². The molecule has 2 aromatic carbocycles. The minimum atomic E-state index is -0.993. The molecule has 0 unspecified atom stereocenters. The van der Waals surface area contributed by atoms with Crippen molar-refractivity contribution in [2.45, 2.75) is 44.9 Å². The van der Waals surface area contributed by atoms with Crippen molar-refractivity contribution in [1.82, 2.24) is 15.1 Å². The van der Waals surface area contributed by atoms with Gasteiger partial charge in [-0.25, -0.2) is 9.48 Å². The van der Waals surface area contributed by atoms with Crippen LogP contribution in [0.2, 0.25) is 0 Å². The van der Waals surface area contributed by atoms with Crippen LogP contribution in [0.3, 0.4) is 0 Å². The minimum absolute atomic E-state index is 0.0248. The van der Waals surface area contributed by atoms with E-state index in [2.05, 4.69) is 16.5 Å². The van der Waals surface area contributed by atoms with Gasteiger partial charge in [0, 0.05) is 6.07 Å². The van der Waals surface area contributed by atoms with Crippen molar-refractivity contribution in [2.24, 2.45) is 0 Å². The second-order valence-corrected chi connectivity index (χ2v) is 7.90. The number of fused-ring (bicyclic) bond motifs is 1. The van der Waals surface area contributed by atoms with Gasteiger partial charge in [0.2, 0.25) is 0 Å². The van der Waals surface area contributed by atoms with E-state index in [0.29, 0.717) is 0 Å². The monoisotopic (exact) mass is 431 g/mol. The summed E-state index contributed by atoms with van der Waals surface area (Å²) in [7, 11) is 0. The molecule has 1 N–H and O–H groups in total. The molecule has 0 spiro atoms. The average molecular weight is 431 g/mol. The molecule has 2 atom stereocenters. The Kier molecular flexibility index (Phi) is 6.44. The molecule has 0 fully saturated rings. The molecule has 1 aliphatic carbocycles. The lowest BCUT2D eigenvalue weighted by atomic mass is 9.87. The Morgan fingerprint density at radius 3 is 2.66 bits per heavy atom. The number of benzene rings is 2. The van der Waals surface area contributed by atoms with E-state index in [0.717, 1.165) is 30.4 Å². The Morgan fingerprint density at radius 1 is 1.09 bits per heavy atom. The molecule has 0 saturated carbocycles. The van der Waals surface area contributed by atoms with Crippen LogP contribution in [-0.4, -0.2) is 27.8 Å². The lowest BCUT2D eigenvalue weighted by Gasteiger charge is -2.27. The smallest absolute Gasteiger partial charge is 0.359 e. The number of carbonyl (C=O) groups is 2. The van der Waals surface area contributed by atoms with Crippen LogP contribution in [0, 0.1) is 0 Å².